The van der Waals surface area contributed by atoms with Gasteiger partial charge in [0.15, 0.2) is 5.52 Å². The van der Waals surface area contributed by atoms with E-state index in [1.807, 2.05) is 18.2 Å². The van der Waals surface area contributed by atoms with E-state index in [0.29, 0.717) is 23.2 Å². The molecule has 3 aliphatic heterocycles. The van der Waals surface area contributed by atoms with E-state index >= 15 is 0 Å². The van der Waals surface area contributed by atoms with Crippen LogP contribution in [0.1, 0.15) is 46.3 Å². The number of hydrogen-bond donors (Lipinski definition) is 0. The van der Waals surface area contributed by atoms with Crippen molar-refractivity contribution in [3.63, 3.8) is 0 Å². The molecule has 2 aromatic heterocycles. The Morgan fingerprint density at radius 2 is 1.91 bits per heavy atom. The minimum Gasteiger partial charge on any atom is -0.457 e. The maximum atomic E-state index is 11.8. The van der Waals surface area contributed by atoms with E-state index in [1.165, 1.54) is 30.4 Å². The van der Waals surface area contributed by atoms with E-state index in [0.717, 1.165) is 56.1 Å². The van der Waals surface area contributed by atoms with Crippen LogP contribution in [0, 0.1) is 12.3 Å². The number of fused-ring (bicyclic) bond motifs is 2. The number of nitrogens with zero attached hydrogens (tertiary/aromatic N) is 5. The summed E-state index contributed by atoms with van der Waals surface area (Å²) >= 11 is 0. The number of aromatic nitrogens is 3. The third-order valence-corrected chi connectivity index (χ3v) is 7.76. The normalized spacial score (nSPS) is 20.3. The Morgan fingerprint density at radius 3 is 2.78 bits per heavy atom. The molecule has 0 aliphatic carbocycles. The van der Waals surface area contributed by atoms with Gasteiger partial charge < -0.3 is 14.5 Å². The van der Waals surface area contributed by atoms with Gasteiger partial charge in [0.2, 0.25) is 5.65 Å². The SMILES string of the molecule is Cc1c(CCN2CCC3(CC2)CCN(c2ccc4nonc4n2)C3)ccc2c1COC2=O. The lowest BCUT2D eigenvalue weighted by atomic mass is 9.77. The lowest BCUT2D eigenvalue weighted by Crippen LogP contribution is -2.42. The van der Waals surface area contributed by atoms with Crippen LogP contribution in [0.5, 0.6) is 0 Å². The summed E-state index contributed by atoms with van der Waals surface area (Å²) in [5.74, 6) is 0.788. The Kier molecular flexibility index (Phi) is 4.64. The molecule has 3 aliphatic rings. The van der Waals surface area contributed by atoms with Crippen molar-refractivity contribution in [3.05, 3.63) is 46.5 Å². The summed E-state index contributed by atoms with van der Waals surface area (Å²) in [6.45, 7) is 7.98. The van der Waals surface area contributed by atoms with E-state index in [9.17, 15) is 4.79 Å². The molecular formula is C24H27N5O3. The van der Waals surface area contributed by atoms with E-state index in [-0.39, 0.29) is 5.97 Å². The van der Waals surface area contributed by atoms with Crippen molar-refractivity contribution in [2.75, 3.05) is 37.6 Å². The van der Waals surface area contributed by atoms with Gasteiger partial charge in [-0.15, -0.1) is 0 Å². The first-order valence-corrected chi connectivity index (χ1v) is 11.5. The maximum absolute atomic E-state index is 11.8. The van der Waals surface area contributed by atoms with Gasteiger partial charge in [-0.05, 0) is 90.8 Å². The van der Waals surface area contributed by atoms with Gasteiger partial charge in [-0.1, -0.05) is 6.07 Å². The molecule has 0 unspecified atom stereocenters. The van der Waals surface area contributed by atoms with Crippen molar-refractivity contribution >= 4 is 23.0 Å². The van der Waals surface area contributed by atoms with Gasteiger partial charge in [0.1, 0.15) is 12.4 Å². The van der Waals surface area contributed by atoms with Crippen LogP contribution in [0.2, 0.25) is 0 Å². The number of benzene rings is 1. The molecule has 0 saturated carbocycles. The summed E-state index contributed by atoms with van der Waals surface area (Å²) < 4.78 is 9.98. The number of pyridine rings is 1. The van der Waals surface area contributed by atoms with Crippen LogP contribution in [0.3, 0.4) is 0 Å². The summed E-state index contributed by atoms with van der Waals surface area (Å²) in [4.78, 5) is 21.4. The van der Waals surface area contributed by atoms with Gasteiger partial charge >= 0.3 is 5.97 Å². The van der Waals surface area contributed by atoms with Crippen LogP contribution in [0.15, 0.2) is 28.9 Å². The molecule has 2 saturated heterocycles. The number of rotatable bonds is 4. The predicted molar refractivity (Wildman–Crippen MR) is 119 cm³/mol. The molecule has 0 amide bonds. The van der Waals surface area contributed by atoms with E-state index in [4.69, 9.17) is 9.37 Å². The molecule has 0 bridgehead atoms. The van der Waals surface area contributed by atoms with Crippen LogP contribution in [0.25, 0.3) is 11.2 Å². The summed E-state index contributed by atoms with van der Waals surface area (Å²) in [5.41, 5.74) is 6.04. The summed E-state index contributed by atoms with van der Waals surface area (Å²) in [6.07, 6.45) is 4.68. The highest BCUT2D eigenvalue weighted by molar-refractivity contribution is 5.93. The molecule has 0 N–H and O–H groups in total. The molecular weight excluding hydrogens is 406 g/mol. The highest BCUT2D eigenvalue weighted by Gasteiger charge is 2.41. The number of carbonyl (C=O) groups excluding carboxylic acids is 1. The number of esters is 1. The fraction of sp³-hybridized carbons (Fsp3) is 0.500. The molecule has 32 heavy (non-hydrogen) atoms. The topological polar surface area (TPSA) is 84.6 Å². The number of cyclic esters (lactones) is 1. The molecule has 2 fully saturated rings. The van der Waals surface area contributed by atoms with Crippen molar-refractivity contribution in [3.8, 4) is 0 Å². The zero-order valence-corrected chi connectivity index (χ0v) is 18.3. The van der Waals surface area contributed by atoms with E-state index in [1.54, 1.807) is 0 Å². The lowest BCUT2D eigenvalue weighted by Gasteiger charge is -2.39. The van der Waals surface area contributed by atoms with Crippen molar-refractivity contribution in [1.29, 1.82) is 0 Å². The second-order valence-corrected chi connectivity index (χ2v) is 9.49. The smallest absolute Gasteiger partial charge is 0.338 e. The van der Waals surface area contributed by atoms with Gasteiger partial charge in [0.25, 0.3) is 0 Å². The predicted octanol–water partition coefficient (Wildman–Crippen LogP) is 3.13. The number of anilines is 1. The van der Waals surface area contributed by atoms with Gasteiger partial charge in [-0.2, -0.15) is 0 Å². The molecule has 5 heterocycles. The zero-order valence-electron chi connectivity index (χ0n) is 18.3. The number of hydrogen-bond acceptors (Lipinski definition) is 8. The van der Waals surface area contributed by atoms with Crippen LogP contribution in [0.4, 0.5) is 5.82 Å². The minimum atomic E-state index is -0.186. The largest absolute Gasteiger partial charge is 0.457 e. The fourth-order valence-corrected chi connectivity index (χ4v) is 5.59. The monoisotopic (exact) mass is 433 g/mol. The molecule has 1 spiro atoms. The molecule has 0 radical (unpaired) electrons. The standard InChI is InChI=1S/C24H27N5O3/c1-16-17(2-3-18-19(16)14-31-23(18)30)6-10-28-11-7-24(8-12-28)9-13-29(15-24)21-5-4-20-22(25-21)27-32-26-20/h2-5H,6-15H2,1H3. The molecule has 8 heteroatoms. The van der Waals surface area contributed by atoms with E-state index < -0.39 is 0 Å². The molecule has 166 valence electrons. The average molecular weight is 434 g/mol. The Bertz CT molecular complexity index is 1180. The van der Waals surface area contributed by atoms with Crippen molar-refractivity contribution < 1.29 is 14.2 Å². The van der Waals surface area contributed by atoms with Gasteiger partial charge in [-0.25, -0.2) is 14.4 Å². The van der Waals surface area contributed by atoms with Gasteiger partial charge in [0.05, 0.1) is 5.56 Å². The van der Waals surface area contributed by atoms with Crippen LogP contribution < -0.4 is 4.90 Å². The highest BCUT2D eigenvalue weighted by atomic mass is 16.6. The third-order valence-electron chi connectivity index (χ3n) is 7.76. The van der Waals surface area contributed by atoms with Crippen LogP contribution in [-0.4, -0.2) is 58.9 Å². The fourth-order valence-electron chi connectivity index (χ4n) is 5.59. The van der Waals surface area contributed by atoms with Crippen LogP contribution >= 0.6 is 0 Å². The van der Waals surface area contributed by atoms with Crippen molar-refractivity contribution in [2.45, 2.75) is 39.2 Å². The first-order valence-electron chi connectivity index (χ1n) is 11.5. The van der Waals surface area contributed by atoms with Gasteiger partial charge in [-0.3, -0.25) is 0 Å². The summed E-state index contributed by atoms with van der Waals surface area (Å²) in [6, 6.07) is 8.00. The highest BCUT2D eigenvalue weighted by Crippen LogP contribution is 2.41. The van der Waals surface area contributed by atoms with E-state index in [2.05, 4.69) is 38.1 Å². The number of piperidine rings is 1. The average Bonchev–Trinajstić information content (AvgIpc) is 3.53. The molecule has 0 atom stereocenters. The number of ether oxygens (including phenoxy) is 1. The Labute approximate surface area is 186 Å². The molecule has 3 aromatic rings. The second kappa shape index (κ2) is 7.55. The number of likely N-dealkylation sites (tertiary alicyclic amines) is 1. The molecule has 8 nitrogen and oxygen atoms in total. The zero-order chi connectivity index (χ0) is 21.7. The Balaban J connectivity index is 1.06. The van der Waals surface area contributed by atoms with Crippen LogP contribution in [-0.2, 0) is 17.8 Å². The van der Waals surface area contributed by atoms with Crippen molar-refractivity contribution in [1.82, 2.24) is 20.2 Å². The second-order valence-electron chi connectivity index (χ2n) is 9.49. The summed E-state index contributed by atoms with van der Waals surface area (Å²) in [5, 5.41) is 7.73. The molecule has 6 rings (SSSR count). The maximum Gasteiger partial charge on any atom is 0.338 e. The first kappa shape index (κ1) is 19.7. The Morgan fingerprint density at radius 1 is 1.06 bits per heavy atom. The quantitative estimate of drug-likeness (QED) is 0.580. The minimum absolute atomic E-state index is 0.186. The lowest BCUT2D eigenvalue weighted by molar-refractivity contribution is 0.0535. The molecule has 1 aromatic carbocycles. The first-order chi connectivity index (χ1) is 15.6. The summed E-state index contributed by atoms with van der Waals surface area (Å²) in [7, 11) is 0. The van der Waals surface area contributed by atoms with Gasteiger partial charge in [0, 0.05) is 25.2 Å². The van der Waals surface area contributed by atoms with Crippen molar-refractivity contribution in [2.24, 2.45) is 5.41 Å². The third kappa shape index (κ3) is 3.33. The Hall–Kier alpha value is -3.00. The number of carbonyl (C=O) groups is 1.